The van der Waals surface area contributed by atoms with Gasteiger partial charge in [0.15, 0.2) is 0 Å². The van der Waals surface area contributed by atoms with E-state index < -0.39 is 0 Å². The minimum atomic E-state index is 0.463. The summed E-state index contributed by atoms with van der Waals surface area (Å²) in [4.78, 5) is 5.75. The fourth-order valence-electron chi connectivity index (χ4n) is 3.18. The molecule has 1 aliphatic rings. The van der Waals surface area contributed by atoms with Crippen LogP contribution in [0.4, 0.5) is 0 Å². The first-order valence-corrected chi connectivity index (χ1v) is 8.24. The average molecular weight is 266 g/mol. The third kappa shape index (κ3) is 3.55. The lowest BCUT2D eigenvalue weighted by atomic mass is 9.83. The number of hydrogen-bond acceptors (Lipinski definition) is 3. The molecule has 0 spiro atoms. The Bertz CT molecular complexity index is 353. The van der Waals surface area contributed by atoms with E-state index in [1.165, 1.54) is 49.1 Å². The molecule has 0 bridgehead atoms. The van der Waals surface area contributed by atoms with Crippen LogP contribution in [0.15, 0.2) is 5.51 Å². The molecule has 0 aromatic carbocycles. The van der Waals surface area contributed by atoms with Crippen LogP contribution in [0.5, 0.6) is 0 Å². The Labute approximate surface area is 115 Å². The van der Waals surface area contributed by atoms with Gasteiger partial charge in [0.1, 0.15) is 0 Å². The van der Waals surface area contributed by atoms with Crippen LogP contribution in [0.3, 0.4) is 0 Å². The molecule has 1 atom stereocenters. The van der Waals surface area contributed by atoms with Crippen LogP contribution < -0.4 is 5.32 Å². The molecule has 1 unspecified atom stereocenters. The molecule has 0 amide bonds. The van der Waals surface area contributed by atoms with Crippen molar-refractivity contribution in [3.05, 3.63) is 16.1 Å². The Hall–Kier alpha value is -0.410. The number of rotatable bonds is 5. The Kier molecular flexibility index (Phi) is 5.19. The van der Waals surface area contributed by atoms with Crippen LogP contribution in [0.2, 0.25) is 0 Å². The summed E-state index contributed by atoms with van der Waals surface area (Å²) in [6.07, 6.45) is 8.31. The Morgan fingerprint density at radius 1 is 1.39 bits per heavy atom. The van der Waals surface area contributed by atoms with E-state index in [9.17, 15) is 0 Å². The van der Waals surface area contributed by atoms with Gasteiger partial charge in [0.2, 0.25) is 0 Å². The normalized spacial score (nSPS) is 26.2. The van der Waals surface area contributed by atoms with Crippen molar-refractivity contribution in [3.8, 4) is 0 Å². The van der Waals surface area contributed by atoms with Gasteiger partial charge in [0, 0.05) is 17.0 Å². The summed E-state index contributed by atoms with van der Waals surface area (Å²) < 4.78 is 0. The van der Waals surface area contributed by atoms with Gasteiger partial charge in [-0.25, -0.2) is 4.98 Å². The molecule has 18 heavy (non-hydrogen) atoms. The Morgan fingerprint density at radius 2 is 2.11 bits per heavy atom. The van der Waals surface area contributed by atoms with Crippen molar-refractivity contribution in [2.75, 3.05) is 0 Å². The quantitative estimate of drug-likeness (QED) is 0.851. The predicted octanol–water partition coefficient (Wildman–Crippen LogP) is 4.46. The molecule has 1 fully saturated rings. The highest BCUT2D eigenvalue weighted by molar-refractivity contribution is 7.09. The van der Waals surface area contributed by atoms with E-state index in [4.69, 9.17) is 0 Å². The maximum Gasteiger partial charge on any atom is 0.0798 e. The second-order valence-corrected chi connectivity index (χ2v) is 6.58. The minimum Gasteiger partial charge on any atom is -0.307 e. The molecule has 0 radical (unpaired) electrons. The van der Waals surface area contributed by atoms with Gasteiger partial charge >= 0.3 is 0 Å². The van der Waals surface area contributed by atoms with E-state index in [0.29, 0.717) is 6.04 Å². The molecular formula is C15H26N2S. The Balaban J connectivity index is 1.79. The van der Waals surface area contributed by atoms with Gasteiger partial charge in [-0.2, -0.15) is 0 Å². The van der Waals surface area contributed by atoms with Gasteiger partial charge in [0.25, 0.3) is 0 Å². The van der Waals surface area contributed by atoms with Gasteiger partial charge in [-0.15, -0.1) is 11.3 Å². The summed E-state index contributed by atoms with van der Waals surface area (Å²) in [6.45, 7) is 6.69. The van der Waals surface area contributed by atoms with E-state index in [-0.39, 0.29) is 0 Å². The van der Waals surface area contributed by atoms with E-state index in [1.54, 1.807) is 11.3 Å². The summed E-state index contributed by atoms with van der Waals surface area (Å²) >= 11 is 1.78. The highest BCUT2D eigenvalue weighted by Crippen LogP contribution is 2.30. The van der Waals surface area contributed by atoms with Gasteiger partial charge < -0.3 is 5.32 Å². The van der Waals surface area contributed by atoms with Gasteiger partial charge in [-0.1, -0.05) is 19.8 Å². The van der Waals surface area contributed by atoms with Crippen molar-refractivity contribution in [1.82, 2.24) is 10.3 Å². The summed E-state index contributed by atoms with van der Waals surface area (Å²) in [5, 5.41) is 3.80. The summed E-state index contributed by atoms with van der Waals surface area (Å²) in [7, 11) is 0. The van der Waals surface area contributed by atoms with Gasteiger partial charge in [0.05, 0.1) is 11.2 Å². The van der Waals surface area contributed by atoms with Crippen molar-refractivity contribution in [3.63, 3.8) is 0 Å². The van der Waals surface area contributed by atoms with Crippen LogP contribution in [0, 0.1) is 12.8 Å². The second-order valence-electron chi connectivity index (χ2n) is 5.70. The SMILES string of the molecule is CCCC1CCC(NC(C)c2scnc2C)CC1. The molecular weight excluding hydrogens is 240 g/mol. The number of thiazole rings is 1. The monoisotopic (exact) mass is 266 g/mol. The average Bonchev–Trinajstić information content (AvgIpc) is 2.78. The smallest absolute Gasteiger partial charge is 0.0798 e. The van der Waals surface area contributed by atoms with Crippen LogP contribution in [0.1, 0.15) is 69.0 Å². The molecule has 2 nitrogen and oxygen atoms in total. The highest BCUT2D eigenvalue weighted by atomic mass is 32.1. The lowest BCUT2D eigenvalue weighted by Gasteiger charge is -2.31. The summed E-state index contributed by atoms with van der Waals surface area (Å²) in [5.74, 6) is 0.994. The lowest BCUT2D eigenvalue weighted by molar-refractivity contribution is 0.267. The fourth-order valence-corrected chi connectivity index (χ4v) is 4.00. The zero-order valence-electron chi connectivity index (χ0n) is 11.9. The summed E-state index contributed by atoms with van der Waals surface area (Å²) in [6, 6.07) is 1.18. The number of nitrogens with zero attached hydrogens (tertiary/aromatic N) is 1. The molecule has 1 aromatic rings. The zero-order valence-corrected chi connectivity index (χ0v) is 12.7. The first-order valence-electron chi connectivity index (χ1n) is 7.36. The van der Waals surface area contributed by atoms with Crippen molar-refractivity contribution in [2.24, 2.45) is 5.92 Å². The molecule has 1 aromatic heterocycles. The molecule has 3 heteroatoms. The van der Waals surface area contributed by atoms with Gasteiger partial charge in [-0.3, -0.25) is 0 Å². The molecule has 1 aliphatic carbocycles. The number of aryl methyl sites for hydroxylation is 1. The Morgan fingerprint density at radius 3 is 2.67 bits per heavy atom. The van der Waals surface area contributed by atoms with Gasteiger partial charge in [-0.05, 0) is 45.4 Å². The van der Waals surface area contributed by atoms with Crippen molar-refractivity contribution < 1.29 is 0 Å². The van der Waals surface area contributed by atoms with E-state index in [2.05, 4.69) is 31.1 Å². The second kappa shape index (κ2) is 6.67. The molecule has 2 rings (SSSR count). The van der Waals surface area contributed by atoms with Crippen molar-refractivity contribution in [1.29, 1.82) is 0 Å². The fraction of sp³-hybridized carbons (Fsp3) is 0.800. The molecule has 0 aliphatic heterocycles. The van der Waals surface area contributed by atoms with E-state index in [1.807, 2.05) is 5.51 Å². The van der Waals surface area contributed by atoms with Crippen LogP contribution in [-0.4, -0.2) is 11.0 Å². The lowest BCUT2D eigenvalue weighted by Crippen LogP contribution is -2.34. The molecule has 1 N–H and O–H groups in total. The van der Waals surface area contributed by atoms with Crippen LogP contribution in [0.25, 0.3) is 0 Å². The largest absolute Gasteiger partial charge is 0.307 e. The predicted molar refractivity (Wildman–Crippen MR) is 79.1 cm³/mol. The number of hydrogen-bond donors (Lipinski definition) is 1. The molecule has 0 saturated heterocycles. The molecule has 1 heterocycles. The third-order valence-electron chi connectivity index (χ3n) is 4.21. The van der Waals surface area contributed by atoms with Crippen LogP contribution in [-0.2, 0) is 0 Å². The molecule has 102 valence electrons. The first-order chi connectivity index (χ1) is 8.70. The van der Waals surface area contributed by atoms with Crippen LogP contribution >= 0.6 is 11.3 Å². The molecule has 1 saturated carbocycles. The van der Waals surface area contributed by atoms with E-state index in [0.717, 1.165) is 12.0 Å². The highest BCUT2D eigenvalue weighted by Gasteiger charge is 2.22. The van der Waals surface area contributed by atoms with E-state index >= 15 is 0 Å². The first kappa shape index (κ1) is 14.0. The number of aromatic nitrogens is 1. The zero-order chi connectivity index (χ0) is 13.0. The maximum atomic E-state index is 4.35. The number of nitrogens with one attached hydrogen (secondary N) is 1. The summed E-state index contributed by atoms with van der Waals surface area (Å²) in [5.41, 5.74) is 3.15. The minimum absolute atomic E-state index is 0.463. The standard InChI is InChI=1S/C15H26N2S/c1-4-5-13-6-8-14(9-7-13)17-12(3)15-11(2)16-10-18-15/h10,12-14,17H,4-9H2,1-3H3. The maximum absolute atomic E-state index is 4.35. The van der Waals surface area contributed by atoms with Crippen molar-refractivity contribution >= 4 is 11.3 Å². The van der Waals surface area contributed by atoms with Crippen molar-refractivity contribution in [2.45, 2.75) is 71.4 Å². The third-order valence-corrected chi connectivity index (χ3v) is 5.32. The topological polar surface area (TPSA) is 24.9 Å².